The highest BCUT2D eigenvalue weighted by Gasteiger charge is 2.11. The van der Waals surface area contributed by atoms with Gasteiger partial charge >= 0.3 is 0 Å². The summed E-state index contributed by atoms with van der Waals surface area (Å²) in [6.07, 6.45) is 1.04. The first kappa shape index (κ1) is 14.8. The van der Waals surface area contributed by atoms with Crippen LogP contribution in [0.5, 0.6) is 5.75 Å². The number of ether oxygens (including phenoxy) is 2. The molecule has 0 aromatic heterocycles. The van der Waals surface area contributed by atoms with Gasteiger partial charge < -0.3 is 14.8 Å². The van der Waals surface area contributed by atoms with E-state index in [0.29, 0.717) is 6.04 Å². The van der Waals surface area contributed by atoms with Crippen molar-refractivity contribution in [1.82, 2.24) is 5.32 Å². The Balaban J connectivity index is 2.27. The van der Waals surface area contributed by atoms with Gasteiger partial charge in [-0.15, -0.1) is 0 Å². The fourth-order valence-electron chi connectivity index (χ4n) is 2.46. The molecule has 0 aliphatic heterocycles. The molecule has 0 aliphatic rings. The van der Waals surface area contributed by atoms with Gasteiger partial charge in [-0.3, -0.25) is 0 Å². The third kappa shape index (κ3) is 3.30. The molecule has 2 rings (SSSR count). The summed E-state index contributed by atoms with van der Waals surface area (Å²) < 4.78 is 10.7. The Labute approximate surface area is 120 Å². The molecule has 0 bridgehead atoms. The molecule has 3 nitrogen and oxygen atoms in total. The predicted molar refractivity (Wildman–Crippen MR) is 83.3 cm³/mol. The van der Waals surface area contributed by atoms with Crippen LogP contribution in [0.1, 0.15) is 18.9 Å². The molecule has 20 heavy (non-hydrogen) atoms. The monoisotopic (exact) mass is 273 g/mol. The minimum Gasteiger partial charge on any atom is -0.496 e. The Kier molecular flexibility index (Phi) is 5.39. The van der Waals surface area contributed by atoms with E-state index in [1.165, 1.54) is 16.3 Å². The van der Waals surface area contributed by atoms with Crippen molar-refractivity contribution < 1.29 is 9.47 Å². The summed E-state index contributed by atoms with van der Waals surface area (Å²) in [6, 6.07) is 12.9. The van der Waals surface area contributed by atoms with Crippen molar-refractivity contribution in [2.24, 2.45) is 0 Å². The molecule has 3 heteroatoms. The van der Waals surface area contributed by atoms with E-state index in [-0.39, 0.29) is 0 Å². The maximum absolute atomic E-state index is 5.51. The van der Waals surface area contributed by atoms with Crippen molar-refractivity contribution in [3.63, 3.8) is 0 Å². The zero-order chi connectivity index (χ0) is 14.4. The Morgan fingerprint density at radius 2 is 1.90 bits per heavy atom. The first-order valence-electron chi connectivity index (χ1n) is 7.07. The van der Waals surface area contributed by atoms with Gasteiger partial charge in [0.25, 0.3) is 0 Å². The number of benzene rings is 2. The van der Waals surface area contributed by atoms with Crippen LogP contribution in [0.15, 0.2) is 36.4 Å². The highest BCUT2D eigenvalue weighted by atomic mass is 16.5. The van der Waals surface area contributed by atoms with Crippen molar-refractivity contribution in [3.8, 4) is 5.75 Å². The van der Waals surface area contributed by atoms with Crippen LogP contribution in [0.25, 0.3) is 10.8 Å². The molecule has 0 spiro atoms. The van der Waals surface area contributed by atoms with Gasteiger partial charge in [-0.25, -0.2) is 0 Å². The third-order valence-electron chi connectivity index (χ3n) is 3.65. The lowest BCUT2D eigenvalue weighted by molar-refractivity contribution is 0.163. The van der Waals surface area contributed by atoms with Crippen LogP contribution in [-0.2, 0) is 11.3 Å². The lowest BCUT2D eigenvalue weighted by atomic mass is 10.0. The van der Waals surface area contributed by atoms with Crippen LogP contribution in [0.4, 0.5) is 0 Å². The predicted octanol–water partition coefficient (Wildman–Crippen LogP) is 3.36. The van der Waals surface area contributed by atoms with Crippen molar-refractivity contribution in [1.29, 1.82) is 0 Å². The zero-order valence-electron chi connectivity index (χ0n) is 12.5. The van der Waals surface area contributed by atoms with E-state index in [4.69, 9.17) is 9.47 Å². The molecular formula is C17H23NO2. The quantitative estimate of drug-likeness (QED) is 0.839. The molecule has 0 amide bonds. The first-order chi connectivity index (χ1) is 9.80. The number of fused-ring (bicyclic) bond motifs is 1. The van der Waals surface area contributed by atoms with Gasteiger partial charge in [0.2, 0.25) is 0 Å². The molecule has 1 unspecified atom stereocenters. The molecule has 0 radical (unpaired) electrons. The highest BCUT2D eigenvalue weighted by Crippen LogP contribution is 2.27. The number of hydrogen-bond donors (Lipinski definition) is 1. The molecule has 0 heterocycles. The number of hydrogen-bond acceptors (Lipinski definition) is 3. The fraction of sp³-hybridized carbons (Fsp3) is 0.412. The normalized spacial score (nSPS) is 12.6. The Morgan fingerprint density at radius 3 is 2.60 bits per heavy atom. The maximum Gasteiger partial charge on any atom is 0.123 e. The molecule has 1 N–H and O–H groups in total. The van der Waals surface area contributed by atoms with E-state index < -0.39 is 0 Å². The van der Waals surface area contributed by atoms with Crippen molar-refractivity contribution in [2.45, 2.75) is 25.9 Å². The summed E-state index contributed by atoms with van der Waals surface area (Å²) >= 11 is 0. The third-order valence-corrected chi connectivity index (χ3v) is 3.65. The number of rotatable bonds is 7. The molecule has 0 saturated heterocycles. The average molecular weight is 273 g/mol. The molecular weight excluding hydrogens is 250 g/mol. The standard InChI is InChI=1S/C17H23NO2/c1-4-14(12-19-2)18-11-16-15-8-6-5-7-13(15)9-10-17(16)20-3/h5-10,14,18H,4,11-12H2,1-3H3. The zero-order valence-corrected chi connectivity index (χ0v) is 12.5. The number of methoxy groups -OCH3 is 2. The summed E-state index contributed by atoms with van der Waals surface area (Å²) in [5.74, 6) is 0.934. The van der Waals surface area contributed by atoms with Crippen LogP contribution in [-0.4, -0.2) is 26.9 Å². The fourth-order valence-corrected chi connectivity index (χ4v) is 2.46. The van der Waals surface area contributed by atoms with Crippen LogP contribution in [0, 0.1) is 0 Å². The summed E-state index contributed by atoms with van der Waals surface area (Å²) in [6.45, 7) is 3.67. The van der Waals surface area contributed by atoms with E-state index in [2.05, 4.69) is 42.6 Å². The molecule has 108 valence electrons. The van der Waals surface area contributed by atoms with Gasteiger partial charge in [-0.1, -0.05) is 37.3 Å². The lowest BCUT2D eigenvalue weighted by Crippen LogP contribution is -2.32. The summed E-state index contributed by atoms with van der Waals surface area (Å²) in [7, 11) is 3.46. The minimum atomic E-state index is 0.365. The second-order valence-corrected chi connectivity index (χ2v) is 4.91. The lowest BCUT2D eigenvalue weighted by Gasteiger charge is -2.18. The van der Waals surface area contributed by atoms with Crippen LogP contribution < -0.4 is 10.1 Å². The average Bonchev–Trinajstić information content (AvgIpc) is 2.51. The largest absolute Gasteiger partial charge is 0.496 e. The topological polar surface area (TPSA) is 30.5 Å². The van der Waals surface area contributed by atoms with E-state index in [1.807, 2.05) is 6.07 Å². The smallest absolute Gasteiger partial charge is 0.123 e. The van der Waals surface area contributed by atoms with Gasteiger partial charge in [0.05, 0.1) is 13.7 Å². The van der Waals surface area contributed by atoms with Crippen molar-refractivity contribution in [2.75, 3.05) is 20.8 Å². The van der Waals surface area contributed by atoms with E-state index in [9.17, 15) is 0 Å². The molecule has 0 fully saturated rings. The molecule has 0 saturated carbocycles. The van der Waals surface area contributed by atoms with E-state index >= 15 is 0 Å². The van der Waals surface area contributed by atoms with Crippen molar-refractivity contribution in [3.05, 3.63) is 42.0 Å². The van der Waals surface area contributed by atoms with Gasteiger partial charge in [-0.2, -0.15) is 0 Å². The molecule has 2 aromatic carbocycles. The maximum atomic E-state index is 5.51. The summed E-state index contributed by atoms with van der Waals surface area (Å²) in [5.41, 5.74) is 1.21. The minimum absolute atomic E-state index is 0.365. The van der Waals surface area contributed by atoms with Crippen LogP contribution in [0.3, 0.4) is 0 Å². The Morgan fingerprint density at radius 1 is 1.10 bits per heavy atom. The van der Waals surface area contributed by atoms with Gasteiger partial charge in [0.1, 0.15) is 5.75 Å². The summed E-state index contributed by atoms with van der Waals surface area (Å²) in [4.78, 5) is 0. The van der Waals surface area contributed by atoms with E-state index in [0.717, 1.165) is 25.3 Å². The summed E-state index contributed by atoms with van der Waals surface area (Å²) in [5, 5.41) is 6.03. The molecule has 0 aliphatic carbocycles. The second-order valence-electron chi connectivity index (χ2n) is 4.91. The van der Waals surface area contributed by atoms with Crippen LogP contribution in [0.2, 0.25) is 0 Å². The Hall–Kier alpha value is -1.58. The SMILES string of the molecule is CCC(COC)NCc1c(OC)ccc2ccccc12. The Bertz CT molecular complexity index is 554. The number of nitrogens with one attached hydrogen (secondary N) is 1. The first-order valence-corrected chi connectivity index (χ1v) is 7.07. The second kappa shape index (κ2) is 7.27. The van der Waals surface area contributed by atoms with E-state index in [1.54, 1.807) is 14.2 Å². The van der Waals surface area contributed by atoms with Crippen LogP contribution >= 0.6 is 0 Å². The van der Waals surface area contributed by atoms with Gasteiger partial charge in [-0.05, 0) is 23.3 Å². The highest BCUT2D eigenvalue weighted by molar-refractivity contribution is 5.87. The van der Waals surface area contributed by atoms with Crippen molar-refractivity contribution >= 4 is 10.8 Å². The molecule has 1 atom stereocenters. The van der Waals surface area contributed by atoms with Gasteiger partial charge in [0.15, 0.2) is 0 Å². The molecule has 2 aromatic rings. The van der Waals surface area contributed by atoms with Gasteiger partial charge in [0, 0.05) is 25.3 Å².